The Balaban J connectivity index is 2.87. The molecule has 0 N–H and O–H groups in total. The highest BCUT2D eigenvalue weighted by Gasteiger charge is 2.14. The summed E-state index contributed by atoms with van der Waals surface area (Å²) in [6.07, 6.45) is 0. The molecule has 0 aliphatic carbocycles. The van der Waals surface area contributed by atoms with Crippen LogP contribution in [0.4, 0.5) is 5.69 Å². The molecule has 0 unspecified atom stereocenters. The molecule has 0 bridgehead atoms. The number of nitro benzene ring substituents is 1. The molecule has 0 spiro atoms. The summed E-state index contributed by atoms with van der Waals surface area (Å²) in [7, 11) is 0. The van der Waals surface area contributed by atoms with E-state index in [9.17, 15) is 10.1 Å². The van der Waals surface area contributed by atoms with Gasteiger partial charge in [0.1, 0.15) is 5.15 Å². The van der Waals surface area contributed by atoms with E-state index in [1.54, 1.807) is 0 Å². The smallest absolute Gasteiger partial charge is 0.258 e. The van der Waals surface area contributed by atoms with Crippen LogP contribution in [0.2, 0.25) is 10.4 Å². The van der Waals surface area contributed by atoms with E-state index in [0.717, 1.165) is 0 Å². The second kappa shape index (κ2) is 4.12. The van der Waals surface area contributed by atoms with Crippen molar-refractivity contribution in [2.45, 2.75) is 0 Å². The molecule has 0 aliphatic heterocycles. The van der Waals surface area contributed by atoms with Gasteiger partial charge in [-0.15, -0.1) is 0 Å². The van der Waals surface area contributed by atoms with Gasteiger partial charge in [-0.25, -0.2) is 9.97 Å². The van der Waals surface area contributed by atoms with Crippen LogP contribution in [0.3, 0.4) is 0 Å². The maximum atomic E-state index is 10.6. The third kappa shape index (κ3) is 1.95. The fraction of sp³-hybridized carbons (Fsp3) is 0. The second-order valence-electron chi connectivity index (χ2n) is 2.86. The van der Waals surface area contributed by atoms with Crippen molar-refractivity contribution in [1.29, 1.82) is 0 Å². The predicted octanol–water partition coefficient (Wildman–Crippen LogP) is 3.61. The van der Waals surface area contributed by atoms with Crippen LogP contribution in [0.15, 0.2) is 16.6 Å². The molecular formula is C8H2BrCl2N3O2. The highest BCUT2D eigenvalue weighted by molar-refractivity contribution is 9.10. The lowest BCUT2D eigenvalue weighted by Gasteiger charge is -2.02. The first-order valence-corrected chi connectivity index (χ1v) is 5.50. The van der Waals surface area contributed by atoms with Crippen molar-refractivity contribution >= 4 is 55.7 Å². The zero-order valence-electron chi connectivity index (χ0n) is 7.45. The molecule has 0 radical (unpaired) electrons. The average Bonchev–Trinajstić information content (AvgIpc) is 2.19. The van der Waals surface area contributed by atoms with Gasteiger partial charge in [0, 0.05) is 17.5 Å². The molecule has 0 amide bonds. The summed E-state index contributed by atoms with van der Waals surface area (Å²) in [6.45, 7) is 0. The van der Waals surface area contributed by atoms with Crippen LogP contribution in [-0.4, -0.2) is 14.9 Å². The zero-order chi connectivity index (χ0) is 11.9. The Labute approximate surface area is 108 Å². The van der Waals surface area contributed by atoms with Crippen LogP contribution in [0.5, 0.6) is 0 Å². The number of aromatic nitrogens is 2. The van der Waals surface area contributed by atoms with Crippen LogP contribution in [0, 0.1) is 10.1 Å². The highest BCUT2D eigenvalue weighted by atomic mass is 79.9. The first-order chi connectivity index (χ1) is 7.49. The number of nitrogens with zero attached hydrogens (tertiary/aromatic N) is 3. The Morgan fingerprint density at radius 2 is 2.00 bits per heavy atom. The van der Waals surface area contributed by atoms with Crippen LogP contribution in [0.1, 0.15) is 0 Å². The highest BCUT2D eigenvalue weighted by Crippen LogP contribution is 2.32. The first-order valence-electron chi connectivity index (χ1n) is 3.95. The molecule has 8 heteroatoms. The summed E-state index contributed by atoms with van der Waals surface area (Å²) in [5.41, 5.74) is 0.350. The van der Waals surface area contributed by atoms with Gasteiger partial charge in [0.05, 0.1) is 14.9 Å². The largest absolute Gasteiger partial charge is 0.271 e. The number of hydrogen-bond donors (Lipinski definition) is 0. The molecule has 2 aromatic rings. The third-order valence-electron chi connectivity index (χ3n) is 1.88. The average molecular weight is 323 g/mol. The van der Waals surface area contributed by atoms with E-state index in [1.807, 2.05) is 0 Å². The summed E-state index contributed by atoms with van der Waals surface area (Å²) in [5, 5.41) is 11.1. The number of fused-ring (bicyclic) bond motifs is 1. The van der Waals surface area contributed by atoms with Crippen molar-refractivity contribution < 1.29 is 4.92 Å². The SMILES string of the molecule is O=[N+]([O-])c1cc(Br)c2nc(Cl)nc(Cl)c2c1. The summed E-state index contributed by atoms with van der Waals surface area (Å²) in [6, 6.07) is 2.64. The minimum atomic E-state index is -0.519. The van der Waals surface area contributed by atoms with Crippen molar-refractivity contribution in [2.24, 2.45) is 0 Å². The third-order valence-corrected chi connectivity index (χ3v) is 2.94. The van der Waals surface area contributed by atoms with Crippen LogP contribution in [-0.2, 0) is 0 Å². The number of hydrogen-bond acceptors (Lipinski definition) is 4. The van der Waals surface area contributed by atoms with E-state index in [-0.39, 0.29) is 16.1 Å². The molecule has 82 valence electrons. The van der Waals surface area contributed by atoms with Crippen molar-refractivity contribution in [2.75, 3.05) is 0 Å². The number of nitro groups is 1. The van der Waals surface area contributed by atoms with Crippen molar-refractivity contribution in [1.82, 2.24) is 9.97 Å². The maximum Gasteiger partial charge on any atom is 0.271 e. The van der Waals surface area contributed by atoms with E-state index in [1.165, 1.54) is 12.1 Å². The fourth-order valence-electron chi connectivity index (χ4n) is 1.22. The molecule has 1 aromatic heterocycles. The lowest BCUT2D eigenvalue weighted by molar-refractivity contribution is -0.384. The standard InChI is InChI=1S/C8H2BrCl2N3O2/c9-5-2-3(14(15)16)1-4-6(5)12-8(11)13-7(4)10/h1-2H. The molecule has 0 saturated heterocycles. The van der Waals surface area contributed by atoms with E-state index >= 15 is 0 Å². The van der Waals surface area contributed by atoms with E-state index < -0.39 is 4.92 Å². The molecule has 0 aliphatic rings. The topological polar surface area (TPSA) is 68.9 Å². The summed E-state index contributed by atoms with van der Waals surface area (Å²) >= 11 is 14.6. The van der Waals surface area contributed by atoms with E-state index in [0.29, 0.717) is 15.4 Å². The van der Waals surface area contributed by atoms with Gasteiger partial charge < -0.3 is 0 Å². The van der Waals surface area contributed by atoms with Crippen LogP contribution in [0.25, 0.3) is 10.9 Å². The van der Waals surface area contributed by atoms with E-state index in [4.69, 9.17) is 23.2 Å². The molecule has 2 rings (SSSR count). The van der Waals surface area contributed by atoms with Crippen LogP contribution < -0.4 is 0 Å². The van der Waals surface area contributed by atoms with Crippen molar-refractivity contribution in [3.05, 3.63) is 37.2 Å². The van der Waals surface area contributed by atoms with Gasteiger partial charge in [-0.05, 0) is 27.5 Å². The van der Waals surface area contributed by atoms with Gasteiger partial charge in [0.25, 0.3) is 5.69 Å². The zero-order valence-corrected chi connectivity index (χ0v) is 10.5. The molecular weight excluding hydrogens is 321 g/mol. The number of rotatable bonds is 1. The summed E-state index contributed by atoms with van der Waals surface area (Å²) in [5.74, 6) is 0. The Hall–Kier alpha value is -0.980. The minimum absolute atomic E-state index is 0.00736. The Bertz CT molecular complexity index is 605. The van der Waals surface area contributed by atoms with Crippen molar-refractivity contribution in [3.63, 3.8) is 0 Å². The second-order valence-corrected chi connectivity index (χ2v) is 4.41. The number of halogens is 3. The molecule has 5 nitrogen and oxygen atoms in total. The van der Waals surface area contributed by atoms with E-state index in [2.05, 4.69) is 25.9 Å². The predicted molar refractivity (Wildman–Crippen MR) is 63.9 cm³/mol. The van der Waals surface area contributed by atoms with Gasteiger partial charge in [-0.3, -0.25) is 10.1 Å². The Kier molecular flexibility index (Phi) is 2.96. The first kappa shape index (κ1) is 11.5. The molecule has 1 aromatic carbocycles. The molecule has 16 heavy (non-hydrogen) atoms. The fourth-order valence-corrected chi connectivity index (χ4v) is 2.19. The summed E-state index contributed by atoms with van der Waals surface area (Å²) < 4.78 is 0.447. The number of benzene rings is 1. The molecule has 1 heterocycles. The Morgan fingerprint density at radius 1 is 1.31 bits per heavy atom. The summed E-state index contributed by atoms with van der Waals surface area (Å²) in [4.78, 5) is 17.8. The van der Waals surface area contributed by atoms with Gasteiger partial charge in [-0.1, -0.05) is 11.6 Å². The van der Waals surface area contributed by atoms with Gasteiger partial charge in [-0.2, -0.15) is 0 Å². The maximum absolute atomic E-state index is 10.6. The quantitative estimate of drug-likeness (QED) is 0.348. The number of non-ortho nitro benzene ring substituents is 1. The molecule has 0 saturated carbocycles. The Morgan fingerprint density at radius 3 is 2.62 bits per heavy atom. The monoisotopic (exact) mass is 321 g/mol. The normalized spacial score (nSPS) is 10.7. The molecule has 0 fully saturated rings. The van der Waals surface area contributed by atoms with Gasteiger partial charge in [0.2, 0.25) is 5.28 Å². The lowest BCUT2D eigenvalue weighted by atomic mass is 10.2. The van der Waals surface area contributed by atoms with Gasteiger partial charge in [0.15, 0.2) is 0 Å². The van der Waals surface area contributed by atoms with Crippen molar-refractivity contribution in [3.8, 4) is 0 Å². The van der Waals surface area contributed by atoms with Gasteiger partial charge >= 0.3 is 0 Å². The lowest BCUT2D eigenvalue weighted by Crippen LogP contribution is -1.92. The molecule has 0 atom stereocenters. The minimum Gasteiger partial charge on any atom is -0.258 e. The van der Waals surface area contributed by atoms with Crippen LogP contribution >= 0.6 is 39.1 Å².